The molecule has 0 unspecified atom stereocenters. The second kappa shape index (κ2) is 9.28. The predicted octanol–water partition coefficient (Wildman–Crippen LogP) is 4.05. The highest BCUT2D eigenvalue weighted by atomic mass is 16.7. The predicted molar refractivity (Wildman–Crippen MR) is 101 cm³/mol. The number of hydrogen-bond acceptors (Lipinski definition) is 4. The number of methoxy groups -OCH3 is 2. The van der Waals surface area contributed by atoms with E-state index in [4.69, 9.17) is 18.9 Å². The second-order valence-corrected chi connectivity index (χ2v) is 6.79. The molecule has 1 aliphatic rings. The lowest BCUT2D eigenvalue weighted by atomic mass is 9.68. The molecular formula is C22H28O4. The fraction of sp³-hybridized carbons (Fsp3) is 0.455. The van der Waals surface area contributed by atoms with Crippen molar-refractivity contribution in [3.05, 3.63) is 71.8 Å². The zero-order chi connectivity index (χ0) is 18.2. The number of benzene rings is 2. The Balaban J connectivity index is 1.50. The molecule has 0 aromatic heterocycles. The highest BCUT2D eigenvalue weighted by Crippen LogP contribution is 2.47. The van der Waals surface area contributed by atoms with E-state index in [-0.39, 0.29) is 5.92 Å². The van der Waals surface area contributed by atoms with E-state index >= 15 is 0 Å². The van der Waals surface area contributed by atoms with Crippen molar-refractivity contribution in [1.82, 2.24) is 0 Å². The summed E-state index contributed by atoms with van der Waals surface area (Å²) in [5.74, 6) is -0.0244. The molecule has 1 aliphatic carbocycles. The van der Waals surface area contributed by atoms with Crippen molar-refractivity contribution >= 4 is 0 Å². The Morgan fingerprint density at radius 2 is 1.27 bits per heavy atom. The Hall–Kier alpha value is -1.72. The molecule has 4 heteroatoms. The van der Waals surface area contributed by atoms with Crippen LogP contribution in [0.3, 0.4) is 0 Å². The molecule has 2 aromatic rings. The van der Waals surface area contributed by atoms with Gasteiger partial charge in [0.2, 0.25) is 0 Å². The van der Waals surface area contributed by atoms with Crippen LogP contribution in [0.5, 0.6) is 0 Å². The molecule has 3 rings (SSSR count). The van der Waals surface area contributed by atoms with Gasteiger partial charge in [-0.15, -0.1) is 0 Å². The van der Waals surface area contributed by atoms with Crippen molar-refractivity contribution in [3.8, 4) is 0 Å². The van der Waals surface area contributed by atoms with Crippen molar-refractivity contribution in [1.29, 1.82) is 0 Å². The van der Waals surface area contributed by atoms with Crippen molar-refractivity contribution in [2.75, 3.05) is 27.4 Å². The largest absolute Gasteiger partial charge is 0.376 e. The van der Waals surface area contributed by atoms with Gasteiger partial charge in [0.15, 0.2) is 5.79 Å². The molecule has 0 saturated heterocycles. The monoisotopic (exact) mass is 356 g/mol. The van der Waals surface area contributed by atoms with Crippen LogP contribution < -0.4 is 0 Å². The Bertz CT molecular complexity index is 640. The first-order valence-electron chi connectivity index (χ1n) is 9.11. The molecular weight excluding hydrogens is 328 g/mol. The summed E-state index contributed by atoms with van der Waals surface area (Å²) in [5, 5.41) is 0. The Morgan fingerprint density at radius 1 is 0.769 bits per heavy atom. The van der Waals surface area contributed by atoms with Crippen LogP contribution in [0.15, 0.2) is 60.7 Å². The zero-order valence-electron chi connectivity index (χ0n) is 15.6. The maximum Gasteiger partial charge on any atom is 0.173 e. The third kappa shape index (κ3) is 4.51. The molecule has 0 aliphatic heterocycles. The van der Waals surface area contributed by atoms with Crippen LogP contribution in [0, 0.1) is 11.8 Å². The third-order valence-corrected chi connectivity index (χ3v) is 5.22. The van der Waals surface area contributed by atoms with Crippen LogP contribution in [0.2, 0.25) is 0 Å². The first-order chi connectivity index (χ1) is 12.8. The lowest BCUT2D eigenvalue weighted by Gasteiger charge is -2.52. The zero-order valence-corrected chi connectivity index (χ0v) is 15.6. The first-order valence-corrected chi connectivity index (χ1v) is 9.11. The first kappa shape index (κ1) is 19.1. The standard InChI is InChI=1S/C22H28O4/c1-23-22(24-2)13-20(16-25-14-18-9-5-3-6-10-18)21(22)17-26-15-19-11-7-4-8-12-19/h3-12,20-21H,13-17H2,1-2H3/t20-,21-/m1/s1. The van der Waals surface area contributed by atoms with E-state index < -0.39 is 5.79 Å². The number of rotatable bonds is 10. The van der Waals surface area contributed by atoms with Crippen molar-refractivity contribution in [2.45, 2.75) is 25.4 Å². The molecule has 0 heterocycles. The van der Waals surface area contributed by atoms with Gasteiger partial charge in [0.25, 0.3) is 0 Å². The van der Waals surface area contributed by atoms with E-state index in [2.05, 4.69) is 24.3 Å². The average Bonchev–Trinajstić information content (AvgIpc) is 2.69. The smallest absolute Gasteiger partial charge is 0.173 e. The fourth-order valence-corrected chi connectivity index (χ4v) is 3.63. The normalized spacial score (nSPS) is 21.3. The summed E-state index contributed by atoms with van der Waals surface area (Å²) in [5.41, 5.74) is 2.36. The van der Waals surface area contributed by atoms with Crippen molar-refractivity contribution < 1.29 is 18.9 Å². The van der Waals surface area contributed by atoms with E-state index in [1.807, 2.05) is 36.4 Å². The molecule has 0 N–H and O–H groups in total. The molecule has 26 heavy (non-hydrogen) atoms. The van der Waals surface area contributed by atoms with Gasteiger partial charge in [0.05, 0.1) is 26.4 Å². The minimum atomic E-state index is -0.558. The molecule has 4 nitrogen and oxygen atoms in total. The lowest BCUT2D eigenvalue weighted by molar-refractivity contribution is -0.324. The number of ether oxygens (including phenoxy) is 4. The SMILES string of the molecule is COC1(OC)C[C@H](COCc2ccccc2)[C@H]1COCc1ccccc1. The van der Waals surface area contributed by atoms with Crippen molar-refractivity contribution in [3.63, 3.8) is 0 Å². The van der Waals surface area contributed by atoms with Crippen LogP contribution in [0.1, 0.15) is 17.5 Å². The number of hydrogen-bond donors (Lipinski definition) is 0. The van der Waals surface area contributed by atoms with Gasteiger partial charge in [-0.1, -0.05) is 60.7 Å². The molecule has 0 spiro atoms. The summed E-state index contributed by atoms with van der Waals surface area (Å²) in [6.45, 7) is 2.50. The van der Waals surface area contributed by atoms with Gasteiger partial charge in [-0.05, 0) is 17.0 Å². The topological polar surface area (TPSA) is 36.9 Å². The Labute approximate surface area is 156 Å². The summed E-state index contributed by atoms with van der Waals surface area (Å²) < 4.78 is 23.2. The fourth-order valence-electron chi connectivity index (χ4n) is 3.63. The van der Waals surface area contributed by atoms with Gasteiger partial charge in [0.1, 0.15) is 0 Å². The molecule has 2 atom stereocenters. The van der Waals surface area contributed by atoms with Gasteiger partial charge >= 0.3 is 0 Å². The highest BCUT2D eigenvalue weighted by molar-refractivity contribution is 5.14. The van der Waals surface area contributed by atoms with Crippen LogP contribution in [-0.2, 0) is 32.2 Å². The molecule has 1 saturated carbocycles. The maximum atomic E-state index is 5.96. The maximum absolute atomic E-state index is 5.96. The summed E-state index contributed by atoms with van der Waals surface area (Å²) in [4.78, 5) is 0. The Kier molecular flexibility index (Phi) is 6.80. The molecule has 0 amide bonds. The van der Waals surface area contributed by atoms with E-state index in [1.165, 1.54) is 11.1 Å². The summed E-state index contributed by atoms with van der Waals surface area (Å²) in [6.07, 6.45) is 0.828. The van der Waals surface area contributed by atoms with Gasteiger partial charge in [-0.3, -0.25) is 0 Å². The average molecular weight is 356 g/mol. The van der Waals surface area contributed by atoms with Gasteiger partial charge in [-0.25, -0.2) is 0 Å². The van der Waals surface area contributed by atoms with Crippen LogP contribution in [0.25, 0.3) is 0 Å². The van der Waals surface area contributed by atoms with Crippen LogP contribution >= 0.6 is 0 Å². The molecule has 0 bridgehead atoms. The molecule has 1 fully saturated rings. The third-order valence-electron chi connectivity index (χ3n) is 5.22. The van der Waals surface area contributed by atoms with E-state index in [1.54, 1.807) is 14.2 Å². The van der Waals surface area contributed by atoms with Crippen LogP contribution in [-0.4, -0.2) is 33.2 Å². The van der Waals surface area contributed by atoms with E-state index in [0.717, 1.165) is 6.42 Å². The second-order valence-electron chi connectivity index (χ2n) is 6.79. The highest BCUT2D eigenvalue weighted by Gasteiger charge is 2.55. The minimum absolute atomic E-state index is 0.164. The molecule has 140 valence electrons. The van der Waals surface area contributed by atoms with Crippen molar-refractivity contribution in [2.24, 2.45) is 11.8 Å². The van der Waals surface area contributed by atoms with E-state index in [9.17, 15) is 0 Å². The van der Waals surface area contributed by atoms with Gasteiger partial charge < -0.3 is 18.9 Å². The lowest BCUT2D eigenvalue weighted by Crippen LogP contribution is -2.59. The van der Waals surface area contributed by atoms with Gasteiger partial charge in [-0.2, -0.15) is 0 Å². The van der Waals surface area contributed by atoms with Gasteiger partial charge in [0, 0.05) is 26.6 Å². The summed E-state index contributed by atoms with van der Waals surface area (Å²) in [6, 6.07) is 20.4. The molecule has 2 aromatic carbocycles. The Morgan fingerprint density at radius 3 is 1.77 bits per heavy atom. The molecule has 0 radical (unpaired) electrons. The van der Waals surface area contributed by atoms with E-state index in [0.29, 0.717) is 32.3 Å². The quantitative estimate of drug-likeness (QED) is 0.602. The van der Waals surface area contributed by atoms with Crippen LogP contribution in [0.4, 0.5) is 0 Å². The summed E-state index contributed by atoms with van der Waals surface area (Å²) >= 11 is 0. The minimum Gasteiger partial charge on any atom is -0.376 e. The summed E-state index contributed by atoms with van der Waals surface area (Å²) in [7, 11) is 3.41.